The van der Waals surface area contributed by atoms with Crippen LogP contribution in [0.15, 0.2) is 39.0 Å². The number of allylic oxidation sites excluding steroid dienone is 1. The predicted octanol–water partition coefficient (Wildman–Crippen LogP) is 6.98. The van der Waals surface area contributed by atoms with Gasteiger partial charge in [0.1, 0.15) is 17.1 Å². The number of ether oxygens (including phenoxy) is 1. The number of nitrogens with one attached hydrogen (secondary N) is 1. The number of Topliss-reactive ketones (excluding diaryl/α,β-unsaturated/α-hetero) is 1. The van der Waals surface area contributed by atoms with E-state index in [1.54, 1.807) is 24.3 Å². The molecule has 2 N–H and O–H groups in total. The Kier molecular flexibility index (Phi) is 12.6. The van der Waals surface area contributed by atoms with Crippen molar-refractivity contribution in [1.29, 1.82) is 0 Å². The smallest absolute Gasteiger partial charge is 0.410 e. The van der Waals surface area contributed by atoms with Crippen LogP contribution in [0, 0.1) is 11.8 Å². The van der Waals surface area contributed by atoms with Crippen LogP contribution in [-0.4, -0.2) is 24.1 Å². The van der Waals surface area contributed by atoms with E-state index in [-0.39, 0.29) is 23.1 Å². The maximum atomic E-state index is 13.2. The van der Waals surface area contributed by atoms with E-state index >= 15 is 0 Å². The minimum absolute atomic E-state index is 0.00174. The molecule has 0 radical (unpaired) electrons. The fraction of sp³-hybridized carbons (Fsp3) is 0.552. The van der Waals surface area contributed by atoms with Crippen LogP contribution in [0.5, 0.6) is 5.75 Å². The molecule has 0 saturated heterocycles. The maximum Gasteiger partial charge on any atom is 0.410 e. The van der Waals surface area contributed by atoms with Gasteiger partial charge in [0.15, 0.2) is 5.78 Å². The molecule has 0 aromatic carbocycles. The molecule has 0 saturated carbocycles. The maximum absolute atomic E-state index is 13.2. The van der Waals surface area contributed by atoms with Crippen LogP contribution in [-0.2, 0) is 17.6 Å². The van der Waals surface area contributed by atoms with Crippen LogP contribution >= 0.6 is 11.3 Å². The molecule has 3 unspecified atom stereocenters. The second-order valence-electron chi connectivity index (χ2n) is 9.78. The van der Waals surface area contributed by atoms with Gasteiger partial charge >= 0.3 is 11.7 Å². The Morgan fingerprint density at radius 2 is 1.95 bits per heavy atom. The van der Waals surface area contributed by atoms with Gasteiger partial charge in [-0.15, -0.1) is 11.3 Å². The standard InChI is InChI=1S/C29H41NO6S/c1-6-7-8-9-13-22-16-23(37-18-22)15-20(3)21(4)27(32)26-24(31)17-25(36-28(26)33)19(2)12-10-11-14-30-29(34)35-5/h11,14,16-21,31H,6-10,12-13,15H2,1-5H3,(H,30,34)/b14-11+. The first-order valence-electron chi connectivity index (χ1n) is 13.1. The summed E-state index contributed by atoms with van der Waals surface area (Å²) in [4.78, 5) is 38.1. The molecular weight excluding hydrogens is 490 g/mol. The summed E-state index contributed by atoms with van der Waals surface area (Å²) in [5.74, 6) is -1.03. The fourth-order valence-electron chi connectivity index (χ4n) is 4.13. The molecule has 204 valence electrons. The molecule has 7 nitrogen and oxygen atoms in total. The van der Waals surface area contributed by atoms with E-state index in [1.165, 1.54) is 55.5 Å². The van der Waals surface area contributed by atoms with Gasteiger partial charge in [0.25, 0.3) is 0 Å². The van der Waals surface area contributed by atoms with Crippen molar-refractivity contribution in [3.05, 3.63) is 62.0 Å². The van der Waals surface area contributed by atoms with Crippen LogP contribution in [0.25, 0.3) is 0 Å². The number of thiophene rings is 1. The average Bonchev–Trinajstić information content (AvgIpc) is 3.31. The van der Waals surface area contributed by atoms with Crippen molar-refractivity contribution in [2.45, 2.75) is 85.0 Å². The van der Waals surface area contributed by atoms with Crippen molar-refractivity contribution in [3.8, 4) is 5.75 Å². The fourth-order valence-corrected chi connectivity index (χ4v) is 5.19. The van der Waals surface area contributed by atoms with Gasteiger partial charge in [0.05, 0.1) is 7.11 Å². The molecule has 0 aliphatic carbocycles. The second kappa shape index (κ2) is 15.4. The third-order valence-electron chi connectivity index (χ3n) is 6.77. The predicted molar refractivity (Wildman–Crippen MR) is 147 cm³/mol. The Hall–Kier alpha value is -2.87. The number of alkyl carbamates (subject to hydrolysis) is 1. The zero-order valence-electron chi connectivity index (χ0n) is 22.7. The lowest BCUT2D eigenvalue weighted by atomic mass is 9.86. The third-order valence-corrected chi connectivity index (χ3v) is 7.78. The zero-order chi connectivity index (χ0) is 27.4. The van der Waals surface area contributed by atoms with E-state index in [0.717, 1.165) is 12.8 Å². The number of aryl methyl sites for hydroxylation is 1. The lowest BCUT2D eigenvalue weighted by molar-refractivity contribution is 0.0885. The molecule has 2 heterocycles. The Bertz CT molecular complexity index is 1100. The minimum atomic E-state index is -0.806. The number of carbonyl (C=O) groups is 2. The molecule has 2 rings (SSSR count). The summed E-state index contributed by atoms with van der Waals surface area (Å²) >= 11 is 1.72. The Morgan fingerprint density at radius 1 is 1.19 bits per heavy atom. The Labute approximate surface area is 223 Å². The van der Waals surface area contributed by atoms with Gasteiger partial charge in [0.2, 0.25) is 0 Å². The van der Waals surface area contributed by atoms with Crippen molar-refractivity contribution in [3.63, 3.8) is 0 Å². The van der Waals surface area contributed by atoms with E-state index in [9.17, 15) is 19.5 Å². The highest BCUT2D eigenvalue weighted by molar-refractivity contribution is 7.10. The third kappa shape index (κ3) is 9.50. The molecule has 2 aromatic rings. The molecule has 0 fully saturated rings. The van der Waals surface area contributed by atoms with E-state index in [1.807, 2.05) is 13.8 Å². The summed E-state index contributed by atoms with van der Waals surface area (Å²) < 4.78 is 9.92. The molecule has 3 atom stereocenters. The summed E-state index contributed by atoms with van der Waals surface area (Å²) in [6.45, 7) is 7.88. The highest BCUT2D eigenvalue weighted by atomic mass is 32.1. The van der Waals surface area contributed by atoms with Gasteiger partial charge in [-0.2, -0.15) is 0 Å². The lowest BCUT2D eigenvalue weighted by Gasteiger charge is -2.18. The first-order valence-corrected chi connectivity index (χ1v) is 14.0. The van der Waals surface area contributed by atoms with Crippen LogP contribution in [0.3, 0.4) is 0 Å². The molecule has 0 spiro atoms. The minimum Gasteiger partial charge on any atom is -0.507 e. The SMILES string of the molecule is CCCCCCc1csc(CC(C)C(C)C(=O)c2c(O)cc(C(C)CC/C=C/NC(=O)OC)oc2=O)c1. The molecule has 0 aliphatic rings. The first-order chi connectivity index (χ1) is 17.7. The largest absolute Gasteiger partial charge is 0.507 e. The van der Waals surface area contributed by atoms with Gasteiger partial charge in [-0.25, -0.2) is 9.59 Å². The number of hydrogen-bond acceptors (Lipinski definition) is 7. The molecule has 8 heteroatoms. The number of hydrogen-bond donors (Lipinski definition) is 2. The first kappa shape index (κ1) is 30.4. The average molecular weight is 532 g/mol. The van der Waals surface area contributed by atoms with Crippen molar-refractivity contribution in [2.75, 3.05) is 7.11 Å². The number of aromatic hydroxyl groups is 1. The lowest BCUT2D eigenvalue weighted by Crippen LogP contribution is -2.26. The highest BCUT2D eigenvalue weighted by Gasteiger charge is 2.28. The zero-order valence-corrected chi connectivity index (χ0v) is 23.5. The summed E-state index contributed by atoms with van der Waals surface area (Å²) in [7, 11) is 1.28. The number of ketones is 1. The number of methoxy groups -OCH3 is 1. The summed E-state index contributed by atoms with van der Waals surface area (Å²) in [5, 5.41) is 15.2. The molecule has 37 heavy (non-hydrogen) atoms. The van der Waals surface area contributed by atoms with Gasteiger partial charge in [0, 0.05) is 29.0 Å². The summed E-state index contributed by atoms with van der Waals surface area (Å²) in [6, 6.07) is 3.60. The monoisotopic (exact) mass is 531 g/mol. The van der Waals surface area contributed by atoms with Crippen LogP contribution in [0.2, 0.25) is 0 Å². The van der Waals surface area contributed by atoms with Crippen LogP contribution in [0.1, 0.15) is 98.7 Å². The number of carbonyl (C=O) groups excluding carboxylic acids is 2. The molecule has 0 bridgehead atoms. The Morgan fingerprint density at radius 3 is 2.62 bits per heavy atom. The van der Waals surface area contributed by atoms with Crippen LogP contribution in [0.4, 0.5) is 4.79 Å². The number of amides is 1. The summed E-state index contributed by atoms with van der Waals surface area (Å²) in [6.07, 6.45) is 10.7. The topological polar surface area (TPSA) is 106 Å². The van der Waals surface area contributed by atoms with E-state index < -0.39 is 23.4 Å². The number of unbranched alkanes of at least 4 members (excludes halogenated alkanes) is 3. The molecule has 2 aromatic heterocycles. The van der Waals surface area contributed by atoms with E-state index in [4.69, 9.17) is 4.42 Å². The molecular formula is C29H41NO6S. The van der Waals surface area contributed by atoms with Crippen molar-refractivity contribution < 1.29 is 23.8 Å². The van der Waals surface area contributed by atoms with Gasteiger partial charge in [-0.3, -0.25) is 10.1 Å². The van der Waals surface area contributed by atoms with Crippen molar-refractivity contribution in [2.24, 2.45) is 11.8 Å². The Balaban J connectivity index is 1.98. The van der Waals surface area contributed by atoms with Crippen molar-refractivity contribution >= 4 is 23.2 Å². The number of rotatable bonds is 15. The molecule has 1 amide bonds. The van der Waals surface area contributed by atoms with Gasteiger partial charge in [-0.05, 0) is 55.0 Å². The normalized spacial score (nSPS) is 13.9. The quantitative estimate of drug-likeness (QED) is 0.190. The van der Waals surface area contributed by atoms with Crippen LogP contribution < -0.4 is 10.9 Å². The highest BCUT2D eigenvalue weighted by Crippen LogP contribution is 2.29. The van der Waals surface area contributed by atoms with Gasteiger partial charge in [-0.1, -0.05) is 53.0 Å². The van der Waals surface area contributed by atoms with E-state index in [2.05, 4.69) is 28.4 Å². The molecule has 0 aliphatic heterocycles. The summed E-state index contributed by atoms with van der Waals surface area (Å²) in [5.41, 5.74) is 0.264. The second-order valence-corrected chi connectivity index (χ2v) is 10.8. The van der Waals surface area contributed by atoms with Gasteiger partial charge < -0.3 is 14.3 Å². The van der Waals surface area contributed by atoms with Crippen molar-refractivity contribution in [1.82, 2.24) is 5.32 Å². The van der Waals surface area contributed by atoms with E-state index in [0.29, 0.717) is 18.6 Å².